The van der Waals surface area contributed by atoms with Crippen LogP contribution in [-0.4, -0.2) is 23.4 Å². The molecule has 1 atom stereocenters. The number of aryl methyl sites for hydroxylation is 2. The number of anilines is 1. The van der Waals surface area contributed by atoms with E-state index >= 15 is 0 Å². The van der Waals surface area contributed by atoms with E-state index < -0.39 is 0 Å². The predicted octanol–water partition coefficient (Wildman–Crippen LogP) is 4.25. The number of amides is 1. The normalized spacial score (nSPS) is 16.5. The molecule has 2 aromatic carbocycles. The number of likely N-dealkylation sites (tertiary alicyclic amines) is 1. The summed E-state index contributed by atoms with van der Waals surface area (Å²) >= 11 is 0. The molecule has 0 saturated carbocycles. The molecule has 0 spiro atoms. The Morgan fingerprint density at radius 3 is 2.52 bits per heavy atom. The molecule has 1 amide bonds. The predicted molar refractivity (Wildman–Crippen MR) is 106 cm³/mol. The van der Waals surface area contributed by atoms with Gasteiger partial charge in [0.1, 0.15) is 0 Å². The van der Waals surface area contributed by atoms with Crippen LogP contribution < -0.4 is 5.73 Å². The largest absolute Gasteiger partial charge is 0.399 e. The second-order valence-electron chi connectivity index (χ2n) is 6.61. The number of nitrogen functional groups attached to an aromatic ring is 1. The maximum atomic E-state index is 12.6. The molecule has 1 saturated heterocycles. The Morgan fingerprint density at radius 1 is 1.04 bits per heavy atom. The van der Waals surface area contributed by atoms with Gasteiger partial charge in [0.15, 0.2) is 0 Å². The molecular weight excluding hydrogens is 332 g/mol. The van der Waals surface area contributed by atoms with Crippen LogP contribution in [0.25, 0.3) is 0 Å². The molecule has 0 aliphatic carbocycles. The van der Waals surface area contributed by atoms with Gasteiger partial charge in [-0.2, -0.15) is 0 Å². The van der Waals surface area contributed by atoms with Gasteiger partial charge in [0.25, 0.3) is 0 Å². The fourth-order valence-corrected chi connectivity index (χ4v) is 3.59. The van der Waals surface area contributed by atoms with Gasteiger partial charge >= 0.3 is 0 Å². The van der Waals surface area contributed by atoms with Crippen molar-refractivity contribution in [1.82, 2.24) is 4.90 Å². The molecule has 0 aromatic heterocycles. The number of nitrogens with zero attached hydrogens (tertiary/aromatic N) is 1. The first-order chi connectivity index (χ1) is 11.7. The Morgan fingerprint density at radius 2 is 1.76 bits per heavy atom. The van der Waals surface area contributed by atoms with Crippen LogP contribution in [0.4, 0.5) is 5.69 Å². The van der Waals surface area contributed by atoms with E-state index in [9.17, 15) is 4.79 Å². The summed E-state index contributed by atoms with van der Waals surface area (Å²) in [5.41, 5.74) is 9.19. The van der Waals surface area contributed by atoms with Crippen molar-refractivity contribution in [1.29, 1.82) is 0 Å². The Labute approximate surface area is 156 Å². The zero-order chi connectivity index (χ0) is 16.8. The highest BCUT2D eigenvalue weighted by Crippen LogP contribution is 2.23. The highest BCUT2D eigenvalue weighted by molar-refractivity contribution is 5.85. The lowest BCUT2D eigenvalue weighted by atomic mass is 10.0. The van der Waals surface area contributed by atoms with Gasteiger partial charge < -0.3 is 10.6 Å². The third-order valence-electron chi connectivity index (χ3n) is 4.97. The van der Waals surface area contributed by atoms with Crippen molar-refractivity contribution in [2.75, 3.05) is 12.3 Å². The summed E-state index contributed by atoms with van der Waals surface area (Å²) in [7, 11) is 0. The second kappa shape index (κ2) is 9.47. The maximum absolute atomic E-state index is 12.6. The molecule has 2 aromatic rings. The molecule has 0 radical (unpaired) electrons. The zero-order valence-corrected chi connectivity index (χ0v) is 15.4. The third-order valence-corrected chi connectivity index (χ3v) is 4.97. The fraction of sp³-hybridized carbons (Fsp3) is 0.381. The molecule has 2 N–H and O–H groups in total. The van der Waals surface area contributed by atoms with Gasteiger partial charge in [0.2, 0.25) is 5.91 Å². The molecule has 25 heavy (non-hydrogen) atoms. The van der Waals surface area contributed by atoms with Gasteiger partial charge in [-0.3, -0.25) is 4.79 Å². The summed E-state index contributed by atoms with van der Waals surface area (Å²) in [6, 6.07) is 18.8. The Bertz CT molecular complexity index is 675. The number of rotatable bonds is 6. The van der Waals surface area contributed by atoms with E-state index in [1.807, 2.05) is 30.3 Å². The minimum absolute atomic E-state index is 0. The minimum atomic E-state index is 0. The van der Waals surface area contributed by atoms with E-state index in [-0.39, 0.29) is 18.3 Å². The summed E-state index contributed by atoms with van der Waals surface area (Å²) in [5.74, 6) is 0.272. The molecule has 1 unspecified atom stereocenters. The number of carbonyl (C=O) groups is 1. The van der Waals surface area contributed by atoms with Gasteiger partial charge in [0, 0.05) is 24.7 Å². The summed E-state index contributed by atoms with van der Waals surface area (Å²) < 4.78 is 0. The van der Waals surface area contributed by atoms with Crippen LogP contribution in [0.3, 0.4) is 0 Å². The lowest BCUT2D eigenvalue weighted by molar-refractivity contribution is -0.132. The highest BCUT2D eigenvalue weighted by Gasteiger charge is 2.27. The van der Waals surface area contributed by atoms with Crippen LogP contribution >= 0.6 is 12.4 Å². The van der Waals surface area contributed by atoms with E-state index in [0.29, 0.717) is 12.5 Å². The fourth-order valence-electron chi connectivity index (χ4n) is 3.59. The first kappa shape index (κ1) is 19.3. The van der Waals surface area contributed by atoms with Crippen molar-refractivity contribution in [3.05, 3.63) is 65.7 Å². The van der Waals surface area contributed by atoms with Gasteiger partial charge in [0.05, 0.1) is 0 Å². The molecule has 3 nitrogen and oxygen atoms in total. The highest BCUT2D eigenvalue weighted by atomic mass is 35.5. The van der Waals surface area contributed by atoms with Gasteiger partial charge in [-0.15, -0.1) is 12.4 Å². The van der Waals surface area contributed by atoms with Crippen LogP contribution in [0.2, 0.25) is 0 Å². The molecule has 1 heterocycles. The maximum Gasteiger partial charge on any atom is 0.223 e. The SMILES string of the molecule is Cl.Nc1ccccc1CCC(=O)N1CCCC1CCc1ccccc1. The van der Waals surface area contributed by atoms with Crippen molar-refractivity contribution in [2.45, 2.75) is 44.6 Å². The number of carbonyl (C=O) groups excluding carboxylic acids is 1. The first-order valence-corrected chi connectivity index (χ1v) is 8.91. The lowest BCUT2D eigenvalue weighted by Gasteiger charge is -2.25. The van der Waals surface area contributed by atoms with Crippen LogP contribution in [0.5, 0.6) is 0 Å². The topological polar surface area (TPSA) is 46.3 Å². The molecule has 3 rings (SSSR count). The Balaban J connectivity index is 0.00000225. The van der Waals surface area contributed by atoms with Crippen molar-refractivity contribution in [2.24, 2.45) is 0 Å². The monoisotopic (exact) mass is 358 g/mol. The smallest absolute Gasteiger partial charge is 0.223 e. The number of halogens is 1. The Kier molecular flexibility index (Phi) is 7.32. The van der Waals surface area contributed by atoms with Crippen molar-refractivity contribution < 1.29 is 4.79 Å². The van der Waals surface area contributed by atoms with Crippen LogP contribution in [0.1, 0.15) is 36.8 Å². The van der Waals surface area contributed by atoms with Crippen molar-refractivity contribution in [3.8, 4) is 0 Å². The quantitative estimate of drug-likeness (QED) is 0.785. The summed E-state index contributed by atoms with van der Waals surface area (Å²) in [5, 5.41) is 0. The number of benzene rings is 2. The molecule has 1 fully saturated rings. The van der Waals surface area contributed by atoms with Crippen LogP contribution in [-0.2, 0) is 17.6 Å². The van der Waals surface area contributed by atoms with Crippen LogP contribution in [0.15, 0.2) is 54.6 Å². The van der Waals surface area contributed by atoms with E-state index in [4.69, 9.17) is 5.73 Å². The zero-order valence-electron chi connectivity index (χ0n) is 14.6. The Hall–Kier alpha value is -2.00. The molecule has 4 heteroatoms. The first-order valence-electron chi connectivity index (χ1n) is 8.91. The second-order valence-corrected chi connectivity index (χ2v) is 6.61. The summed E-state index contributed by atoms with van der Waals surface area (Å²) in [6.07, 6.45) is 5.64. The minimum Gasteiger partial charge on any atom is -0.399 e. The van der Waals surface area contributed by atoms with Gasteiger partial charge in [-0.05, 0) is 49.3 Å². The molecular formula is C21H27ClN2O. The van der Waals surface area contributed by atoms with E-state index in [0.717, 1.165) is 49.9 Å². The number of hydrogen-bond donors (Lipinski definition) is 1. The third kappa shape index (κ3) is 5.23. The number of para-hydroxylation sites is 1. The van der Waals surface area contributed by atoms with E-state index in [2.05, 4.69) is 29.2 Å². The molecule has 134 valence electrons. The standard InChI is InChI=1S/C21H26N2O.ClH/c22-20-11-5-4-9-18(20)13-15-21(24)23-16-6-10-19(23)14-12-17-7-2-1-3-8-17;/h1-5,7-9,11,19H,6,10,12-16,22H2;1H. The number of nitrogens with two attached hydrogens (primary N) is 1. The summed E-state index contributed by atoms with van der Waals surface area (Å²) in [4.78, 5) is 14.7. The summed E-state index contributed by atoms with van der Waals surface area (Å²) in [6.45, 7) is 0.905. The van der Waals surface area contributed by atoms with Crippen molar-refractivity contribution in [3.63, 3.8) is 0 Å². The van der Waals surface area contributed by atoms with E-state index in [1.165, 1.54) is 5.56 Å². The van der Waals surface area contributed by atoms with Crippen LogP contribution in [0, 0.1) is 0 Å². The van der Waals surface area contributed by atoms with Crippen molar-refractivity contribution >= 4 is 24.0 Å². The molecule has 1 aliphatic rings. The molecule has 0 bridgehead atoms. The van der Waals surface area contributed by atoms with E-state index in [1.54, 1.807) is 0 Å². The lowest BCUT2D eigenvalue weighted by Crippen LogP contribution is -2.36. The number of hydrogen-bond acceptors (Lipinski definition) is 2. The average molecular weight is 359 g/mol. The van der Waals surface area contributed by atoms with Gasteiger partial charge in [-0.1, -0.05) is 48.5 Å². The molecule has 1 aliphatic heterocycles. The van der Waals surface area contributed by atoms with Gasteiger partial charge in [-0.25, -0.2) is 0 Å². The average Bonchev–Trinajstić information content (AvgIpc) is 3.08.